The van der Waals surface area contributed by atoms with Gasteiger partial charge in [-0.05, 0) is 32.4 Å². The van der Waals surface area contributed by atoms with E-state index in [1.54, 1.807) is 7.05 Å². The number of carbonyl (C=O) groups excluding carboxylic acids is 2. The van der Waals surface area contributed by atoms with Crippen molar-refractivity contribution in [3.8, 4) is 10.4 Å². The Labute approximate surface area is 176 Å². The number of carbonyl (C=O) groups is 2. The molecule has 152 valence electrons. The van der Waals surface area contributed by atoms with Crippen LogP contribution >= 0.6 is 23.1 Å². The Hall–Kier alpha value is -2.65. The molecule has 9 heteroatoms. The van der Waals surface area contributed by atoms with Crippen LogP contribution in [0.4, 0.5) is 4.79 Å². The van der Waals surface area contributed by atoms with E-state index in [-0.39, 0.29) is 11.3 Å². The van der Waals surface area contributed by atoms with Crippen molar-refractivity contribution in [2.24, 2.45) is 7.05 Å². The van der Waals surface area contributed by atoms with Crippen LogP contribution < -0.4 is 16.2 Å². The first-order chi connectivity index (χ1) is 13.6. The largest absolute Gasteiger partial charge is 0.333 e. The van der Waals surface area contributed by atoms with Crippen molar-refractivity contribution in [1.82, 2.24) is 20.2 Å². The SMILES string of the molecule is Cn1c(SCC(=O)NC(=O)NC(C)(C)C)nc2sc(-c3ccccc3)cc2c1=O. The lowest BCUT2D eigenvalue weighted by Gasteiger charge is -2.20. The molecule has 0 aliphatic heterocycles. The molecule has 0 aliphatic rings. The monoisotopic (exact) mass is 430 g/mol. The van der Waals surface area contributed by atoms with Gasteiger partial charge in [-0.15, -0.1) is 11.3 Å². The number of urea groups is 1. The van der Waals surface area contributed by atoms with E-state index in [1.807, 2.05) is 57.2 Å². The summed E-state index contributed by atoms with van der Waals surface area (Å²) in [6.07, 6.45) is 0. The van der Waals surface area contributed by atoms with Crippen LogP contribution in [0, 0.1) is 0 Å². The maximum absolute atomic E-state index is 12.7. The second-order valence-corrected chi connectivity index (χ2v) is 9.47. The molecule has 2 heterocycles. The highest BCUT2D eigenvalue weighted by Crippen LogP contribution is 2.31. The van der Waals surface area contributed by atoms with E-state index < -0.39 is 17.5 Å². The number of nitrogens with one attached hydrogen (secondary N) is 2. The number of amides is 3. The molecular formula is C20H22N4O3S2. The molecule has 3 aromatic rings. The number of thiophene rings is 1. The molecule has 0 aliphatic carbocycles. The summed E-state index contributed by atoms with van der Waals surface area (Å²) >= 11 is 2.55. The second-order valence-electron chi connectivity index (χ2n) is 7.50. The van der Waals surface area contributed by atoms with Crippen LogP contribution in [0.25, 0.3) is 20.7 Å². The van der Waals surface area contributed by atoms with E-state index in [0.717, 1.165) is 22.2 Å². The zero-order chi connectivity index (χ0) is 21.2. The van der Waals surface area contributed by atoms with Crippen LogP contribution in [0.3, 0.4) is 0 Å². The first-order valence-corrected chi connectivity index (χ1v) is 10.7. The van der Waals surface area contributed by atoms with Gasteiger partial charge >= 0.3 is 6.03 Å². The van der Waals surface area contributed by atoms with Crippen molar-refractivity contribution < 1.29 is 9.59 Å². The van der Waals surface area contributed by atoms with Gasteiger partial charge in [0, 0.05) is 17.5 Å². The number of benzene rings is 1. The molecule has 7 nitrogen and oxygen atoms in total. The molecule has 0 saturated heterocycles. The molecule has 0 bridgehead atoms. The third-order valence-electron chi connectivity index (χ3n) is 3.86. The summed E-state index contributed by atoms with van der Waals surface area (Å²) < 4.78 is 1.43. The predicted molar refractivity (Wildman–Crippen MR) is 117 cm³/mol. The van der Waals surface area contributed by atoms with Gasteiger partial charge in [-0.3, -0.25) is 19.5 Å². The van der Waals surface area contributed by atoms with Crippen LogP contribution in [0.1, 0.15) is 20.8 Å². The minimum atomic E-state index is -0.550. The van der Waals surface area contributed by atoms with Gasteiger partial charge in [0.2, 0.25) is 5.91 Å². The number of hydrogen-bond donors (Lipinski definition) is 2. The van der Waals surface area contributed by atoms with E-state index in [2.05, 4.69) is 15.6 Å². The number of aromatic nitrogens is 2. The second kappa shape index (κ2) is 8.38. The summed E-state index contributed by atoms with van der Waals surface area (Å²) in [6, 6.07) is 11.1. The van der Waals surface area contributed by atoms with Crippen molar-refractivity contribution in [2.45, 2.75) is 31.5 Å². The summed E-state index contributed by atoms with van der Waals surface area (Å²) in [7, 11) is 1.63. The molecule has 0 atom stereocenters. The summed E-state index contributed by atoms with van der Waals surface area (Å²) in [4.78, 5) is 42.7. The lowest BCUT2D eigenvalue weighted by atomic mass is 10.1. The zero-order valence-electron chi connectivity index (χ0n) is 16.6. The van der Waals surface area contributed by atoms with Gasteiger partial charge in [0.05, 0.1) is 11.1 Å². The molecule has 3 rings (SSSR count). The summed E-state index contributed by atoms with van der Waals surface area (Å²) in [5.41, 5.74) is 0.418. The molecule has 2 N–H and O–H groups in total. The van der Waals surface area contributed by atoms with Crippen molar-refractivity contribution in [2.75, 3.05) is 5.75 Å². The molecule has 29 heavy (non-hydrogen) atoms. The summed E-state index contributed by atoms with van der Waals surface area (Å²) in [5.74, 6) is -0.484. The Balaban J connectivity index is 1.76. The van der Waals surface area contributed by atoms with Crippen molar-refractivity contribution in [3.05, 3.63) is 46.8 Å². The molecule has 0 spiro atoms. The highest BCUT2D eigenvalue weighted by molar-refractivity contribution is 7.99. The van der Waals surface area contributed by atoms with Gasteiger partial charge in [-0.1, -0.05) is 42.1 Å². The van der Waals surface area contributed by atoms with Gasteiger partial charge in [-0.2, -0.15) is 0 Å². The Bertz CT molecular complexity index is 1110. The Morgan fingerprint density at radius 1 is 1.21 bits per heavy atom. The van der Waals surface area contributed by atoms with Crippen LogP contribution in [0.15, 0.2) is 46.3 Å². The minimum Gasteiger partial charge on any atom is -0.333 e. The number of thioether (sulfide) groups is 1. The maximum Gasteiger partial charge on any atom is 0.321 e. The molecule has 3 amide bonds. The third-order valence-corrected chi connectivity index (χ3v) is 5.97. The highest BCUT2D eigenvalue weighted by atomic mass is 32.2. The first kappa shape index (κ1) is 21.1. The lowest BCUT2D eigenvalue weighted by molar-refractivity contribution is -0.117. The molecule has 0 radical (unpaired) electrons. The maximum atomic E-state index is 12.7. The van der Waals surface area contributed by atoms with Crippen molar-refractivity contribution in [3.63, 3.8) is 0 Å². The topological polar surface area (TPSA) is 93.1 Å². The fourth-order valence-electron chi connectivity index (χ4n) is 2.59. The normalized spacial score (nSPS) is 11.4. The smallest absolute Gasteiger partial charge is 0.321 e. The van der Waals surface area contributed by atoms with E-state index in [9.17, 15) is 14.4 Å². The number of imide groups is 1. The lowest BCUT2D eigenvalue weighted by Crippen LogP contribution is -2.48. The van der Waals surface area contributed by atoms with E-state index in [0.29, 0.717) is 15.4 Å². The van der Waals surface area contributed by atoms with Gasteiger partial charge < -0.3 is 5.32 Å². The Morgan fingerprint density at radius 2 is 1.90 bits per heavy atom. The number of rotatable bonds is 4. The first-order valence-electron chi connectivity index (χ1n) is 8.95. The van der Waals surface area contributed by atoms with Crippen LogP contribution in [-0.4, -0.2) is 32.8 Å². The van der Waals surface area contributed by atoms with Crippen molar-refractivity contribution in [1.29, 1.82) is 0 Å². The Kier molecular flexibility index (Phi) is 6.09. The molecular weight excluding hydrogens is 408 g/mol. The van der Waals surface area contributed by atoms with Crippen molar-refractivity contribution >= 4 is 45.3 Å². The molecule has 0 fully saturated rings. The number of hydrogen-bond acceptors (Lipinski definition) is 6. The number of fused-ring (bicyclic) bond motifs is 1. The molecule has 1 aromatic carbocycles. The minimum absolute atomic E-state index is 0.0275. The van der Waals surface area contributed by atoms with E-state index >= 15 is 0 Å². The van der Waals surface area contributed by atoms with Gasteiger partial charge in [0.1, 0.15) is 4.83 Å². The van der Waals surface area contributed by atoms with Gasteiger partial charge in [-0.25, -0.2) is 9.78 Å². The average molecular weight is 431 g/mol. The molecule has 0 unspecified atom stereocenters. The fourth-order valence-corrected chi connectivity index (χ4v) is 4.44. The predicted octanol–water partition coefficient (Wildman–Crippen LogP) is 3.38. The van der Waals surface area contributed by atoms with Gasteiger partial charge in [0.15, 0.2) is 5.16 Å². The van der Waals surface area contributed by atoms with Gasteiger partial charge in [0.25, 0.3) is 5.56 Å². The Morgan fingerprint density at radius 3 is 2.55 bits per heavy atom. The third kappa shape index (κ3) is 5.24. The van der Waals surface area contributed by atoms with E-state index in [4.69, 9.17) is 0 Å². The van der Waals surface area contributed by atoms with Crippen LogP contribution in [0.5, 0.6) is 0 Å². The van der Waals surface area contributed by atoms with Crippen LogP contribution in [-0.2, 0) is 11.8 Å². The number of nitrogens with zero attached hydrogens (tertiary/aromatic N) is 2. The molecule has 0 saturated carbocycles. The molecule has 2 aromatic heterocycles. The highest BCUT2D eigenvalue weighted by Gasteiger charge is 2.17. The van der Waals surface area contributed by atoms with Crippen LogP contribution in [0.2, 0.25) is 0 Å². The standard InChI is InChI=1S/C20H22N4O3S2/c1-20(2,3)23-18(27)21-15(25)11-28-19-22-16-13(17(26)24(19)4)10-14(29-16)12-8-6-5-7-9-12/h5-10H,11H2,1-4H3,(H2,21,23,25,27). The summed E-state index contributed by atoms with van der Waals surface area (Å²) in [6.45, 7) is 5.47. The fraction of sp³-hybridized carbons (Fsp3) is 0.300. The van der Waals surface area contributed by atoms with E-state index in [1.165, 1.54) is 15.9 Å². The average Bonchev–Trinajstić information content (AvgIpc) is 3.07. The quantitative estimate of drug-likeness (QED) is 0.489. The summed E-state index contributed by atoms with van der Waals surface area (Å²) in [5, 5.41) is 5.92. The zero-order valence-corrected chi connectivity index (χ0v) is 18.2.